The molecule has 1 aromatic heterocycles. The van der Waals surface area contributed by atoms with Crippen molar-refractivity contribution in [2.75, 3.05) is 0 Å². The van der Waals surface area contributed by atoms with Crippen LogP contribution in [0.2, 0.25) is 0 Å². The fourth-order valence-electron chi connectivity index (χ4n) is 0.991. The van der Waals surface area contributed by atoms with E-state index in [9.17, 15) is 5.11 Å². The molecule has 12 heavy (non-hydrogen) atoms. The predicted octanol–water partition coefficient (Wildman–Crippen LogP) is 2.01. The Hall–Kier alpha value is -0.890. The highest BCUT2D eigenvalue weighted by Crippen LogP contribution is 2.22. The van der Waals surface area contributed by atoms with E-state index in [0.717, 1.165) is 11.3 Å². The van der Waals surface area contributed by atoms with Gasteiger partial charge < -0.3 is 5.11 Å². The van der Waals surface area contributed by atoms with Crippen LogP contribution in [-0.4, -0.2) is 10.1 Å². The summed E-state index contributed by atoms with van der Waals surface area (Å²) >= 11 is 0. The highest BCUT2D eigenvalue weighted by atomic mass is 16.3. The summed E-state index contributed by atoms with van der Waals surface area (Å²) in [6.45, 7) is 5.70. The number of aromatic nitrogens is 1. The van der Waals surface area contributed by atoms with E-state index < -0.39 is 5.60 Å². The number of hydrogen-bond acceptors (Lipinski definition) is 2. The number of rotatable bonds is 2. The van der Waals surface area contributed by atoms with Crippen molar-refractivity contribution in [3.8, 4) is 0 Å². The highest BCUT2D eigenvalue weighted by Gasteiger charge is 2.19. The number of nitrogens with zero attached hydrogens (tertiary/aromatic N) is 1. The van der Waals surface area contributed by atoms with Crippen LogP contribution in [0, 0.1) is 6.92 Å². The van der Waals surface area contributed by atoms with Gasteiger partial charge in [0, 0.05) is 17.5 Å². The summed E-state index contributed by atoms with van der Waals surface area (Å²) in [5.74, 6) is 0. The molecule has 1 N–H and O–H groups in total. The Morgan fingerprint density at radius 2 is 2.17 bits per heavy atom. The van der Waals surface area contributed by atoms with Gasteiger partial charge in [0.1, 0.15) is 0 Å². The fourth-order valence-corrected chi connectivity index (χ4v) is 0.991. The molecule has 0 amide bonds. The van der Waals surface area contributed by atoms with Crippen molar-refractivity contribution in [3.05, 3.63) is 29.6 Å². The molecular weight excluding hydrogens is 150 g/mol. The number of aliphatic hydroxyl groups is 1. The first kappa shape index (κ1) is 9.20. The maximum atomic E-state index is 9.85. The van der Waals surface area contributed by atoms with E-state index in [1.54, 1.807) is 13.1 Å². The largest absolute Gasteiger partial charge is 0.385 e. The average molecular weight is 165 g/mol. The first-order valence-electron chi connectivity index (χ1n) is 4.22. The van der Waals surface area contributed by atoms with Gasteiger partial charge in [0.25, 0.3) is 0 Å². The van der Waals surface area contributed by atoms with E-state index in [0.29, 0.717) is 6.42 Å². The van der Waals surface area contributed by atoms with Crippen LogP contribution in [-0.2, 0) is 5.60 Å². The predicted molar refractivity (Wildman–Crippen MR) is 48.8 cm³/mol. The van der Waals surface area contributed by atoms with Crippen molar-refractivity contribution in [1.29, 1.82) is 0 Å². The molecule has 0 spiro atoms. The van der Waals surface area contributed by atoms with Crippen LogP contribution >= 0.6 is 0 Å². The lowest BCUT2D eigenvalue weighted by Crippen LogP contribution is -2.19. The summed E-state index contributed by atoms with van der Waals surface area (Å²) in [7, 11) is 0. The Morgan fingerprint density at radius 1 is 1.50 bits per heavy atom. The molecule has 0 saturated carbocycles. The van der Waals surface area contributed by atoms with Gasteiger partial charge in [-0.15, -0.1) is 0 Å². The minimum absolute atomic E-state index is 0.706. The lowest BCUT2D eigenvalue weighted by molar-refractivity contribution is 0.0527. The summed E-state index contributed by atoms with van der Waals surface area (Å²) in [5, 5.41) is 9.85. The maximum Gasteiger partial charge on any atom is 0.0880 e. The van der Waals surface area contributed by atoms with Crippen molar-refractivity contribution < 1.29 is 5.11 Å². The zero-order valence-corrected chi connectivity index (χ0v) is 7.83. The van der Waals surface area contributed by atoms with E-state index in [-0.39, 0.29) is 0 Å². The van der Waals surface area contributed by atoms with Gasteiger partial charge >= 0.3 is 0 Å². The van der Waals surface area contributed by atoms with Gasteiger partial charge in [-0.1, -0.05) is 13.0 Å². The van der Waals surface area contributed by atoms with Gasteiger partial charge in [0.05, 0.1) is 5.60 Å². The molecule has 66 valence electrons. The summed E-state index contributed by atoms with van der Waals surface area (Å²) in [5.41, 5.74) is 1.13. The molecule has 0 aromatic carbocycles. The number of pyridine rings is 1. The molecule has 1 rings (SSSR count). The van der Waals surface area contributed by atoms with Gasteiger partial charge in [-0.25, -0.2) is 0 Å². The zero-order chi connectivity index (χ0) is 9.19. The normalized spacial score (nSPS) is 15.7. The monoisotopic (exact) mass is 165 g/mol. The molecule has 2 heteroatoms. The number of aryl methyl sites for hydroxylation is 1. The van der Waals surface area contributed by atoms with Crippen molar-refractivity contribution in [2.24, 2.45) is 0 Å². The molecule has 0 fully saturated rings. The van der Waals surface area contributed by atoms with Gasteiger partial charge in [0.2, 0.25) is 0 Å². The third kappa shape index (κ3) is 1.83. The van der Waals surface area contributed by atoms with E-state index in [2.05, 4.69) is 4.98 Å². The number of hydrogen-bond donors (Lipinski definition) is 1. The lowest BCUT2D eigenvalue weighted by atomic mass is 9.95. The summed E-state index contributed by atoms with van der Waals surface area (Å²) < 4.78 is 0. The molecule has 1 aromatic rings. The molecular formula is C10H15NO. The molecule has 1 atom stereocenters. The summed E-state index contributed by atoms with van der Waals surface area (Å²) in [6, 6.07) is 3.84. The van der Waals surface area contributed by atoms with Crippen molar-refractivity contribution in [3.63, 3.8) is 0 Å². The Balaban J connectivity index is 2.96. The molecule has 0 aliphatic rings. The minimum Gasteiger partial charge on any atom is -0.385 e. The second-order valence-corrected chi connectivity index (χ2v) is 3.32. The molecule has 1 unspecified atom stereocenters. The Kier molecular flexibility index (Phi) is 2.48. The third-order valence-corrected chi connectivity index (χ3v) is 2.22. The van der Waals surface area contributed by atoms with Crippen LogP contribution in [0.15, 0.2) is 18.3 Å². The Morgan fingerprint density at radius 3 is 2.58 bits per heavy atom. The van der Waals surface area contributed by atoms with Crippen molar-refractivity contribution >= 4 is 0 Å². The van der Waals surface area contributed by atoms with Gasteiger partial charge in [-0.3, -0.25) is 4.98 Å². The molecule has 0 saturated heterocycles. The lowest BCUT2D eigenvalue weighted by Gasteiger charge is -2.21. The van der Waals surface area contributed by atoms with E-state index in [1.807, 2.05) is 26.0 Å². The van der Waals surface area contributed by atoms with E-state index in [1.165, 1.54) is 0 Å². The van der Waals surface area contributed by atoms with Gasteiger partial charge in [-0.05, 0) is 26.3 Å². The molecule has 1 heterocycles. The molecule has 0 radical (unpaired) electrons. The third-order valence-electron chi connectivity index (χ3n) is 2.22. The summed E-state index contributed by atoms with van der Waals surface area (Å²) in [6.07, 6.45) is 2.44. The van der Waals surface area contributed by atoms with Crippen LogP contribution < -0.4 is 0 Å². The Bertz CT molecular complexity index is 251. The summed E-state index contributed by atoms with van der Waals surface area (Å²) in [4.78, 5) is 4.13. The molecule has 0 bridgehead atoms. The average Bonchev–Trinajstić information content (AvgIpc) is 2.05. The highest BCUT2D eigenvalue weighted by molar-refractivity contribution is 5.19. The molecule has 0 aliphatic heterocycles. The second kappa shape index (κ2) is 3.23. The fraction of sp³-hybridized carbons (Fsp3) is 0.500. The Labute approximate surface area is 73.3 Å². The maximum absolute atomic E-state index is 9.85. The van der Waals surface area contributed by atoms with E-state index >= 15 is 0 Å². The van der Waals surface area contributed by atoms with Crippen molar-refractivity contribution in [1.82, 2.24) is 4.98 Å². The molecule has 0 aliphatic carbocycles. The molecule has 2 nitrogen and oxygen atoms in total. The van der Waals surface area contributed by atoms with Crippen LogP contribution in [0.25, 0.3) is 0 Å². The first-order chi connectivity index (χ1) is 5.56. The van der Waals surface area contributed by atoms with Crippen LogP contribution in [0.3, 0.4) is 0 Å². The van der Waals surface area contributed by atoms with Crippen LogP contribution in [0.1, 0.15) is 31.5 Å². The zero-order valence-electron chi connectivity index (χ0n) is 7.83. The standard InChI is InChI=1S/C10H15NO/c1-4-10(3,12)9-6-5-8(2)11-7-9/h5-7,12H,4H2,1-3H3. The topological polar surface area (TPSA) is 33.1 Å². The van der Waals surface area contributed by atoms with Gasteiger partial charge in [-0.2, -0.15) is 0 Å². The quantitative estimate of drug-likeness (QED) is 0.727. The van der Waals surface area contributed by atoms with E-state index in [4.69, 9.17) is 0 Å². The van der Waals surface area contributed by atoms with Crippen LogP contribution in [0.5, 0.6) is 0 Å². The smallest absolute Gasteiger partial charge is 0.0880 e. The SMILES string of the molecule is CCC(C)(O)c1ccc(C)nc1. The minimum atomic E-state index is -0.735. The van der Waals surface area contributed by atoms with Crippen LogP contribution in [0.4, 0.5) is 0 Å². The second-order valence-electron chi connectivity index (χ2n) is 3.32. The van der Waals surface area contributed by atoms with Crippen molar-refractivity contribution in [2.45, 2.75) is 32.8 Å². The van der Waals surface area contributed by atoms with Gasteiger partial charge in [0.15, 0.2) is 0 Å². The first-order valence-corrected chi connectivity index (χ1v) is 4.22.